The number of nitrogens with one attached hydrogen (secondary N) is 1. The topological polar surface area (TPSA) is 79.4 Å². The summed E-state index contributed by atoms with van der Waals surface area (Å²) < 4.78 is 39.7. The molecule has 6 nitrogen and oxygen atoms in total. The zero-order valence-corrected chi connectivity index (χ0v) is 16.0. The van der Waals surface area contributed by atoms with E-state index < -0.39 is 15.8 Å². The largest absolute Gasteiger partial charge is 0.352 e. The second-order valence-corrected chi connectivity index (χ2v) is 8.72. The Bertz CT molecular complexity index is 917. The summed E-state index contributed by atoms with van der Waals surface area (Å²) in [6, 6.07) is 6.74. The molecule has 0 atom stereocenters. The van der Waals surface area contributed by atoms with E-state index in [0.717, 1.165) is 6.07 Å². The molecule has 1 amide bonds. The molecule has 1 saturated heterocycles. The number of aromatic nitrogens is 1. The molecule has 1 N–H and O–H groups in total. The molecule has 0 spiro atoms. The highest BCUT2D eigenvalue weighted by molar-refractivity contribution is 7.89. The zero-order chi connectivity index (χ0) is 19.4. The molecule has 144 valence electrons. The Balaban J connectivity index is 1.53. The minimum atomic E-state index is -3.54. The molecule has 1 fully saturated rings. The first-order valence-corrected chi connectivity index (χ1v) is 10.3. The lowest BCUT2D eigenvalue weighted by molar-refractivity contribution is 0.0941. The van der Waals surface area contributed by atoms with E-state index in [4.69, 9.17) is 11.6 Å². The Hall–Kier alpha value is -2.03. The minimum absolute atomic E-state index is 0.0601. The highest BCUT2D eigenvalue weighted by atomic mass is 35.5. The van der Waals surface area contributed by atoms with E-state index in [1.807, 2.05) is 0 Å². The van der Waals surface area contributed by atoms with Crippen LogP contribution in [0.2, 0.25) is 5.02 Å². The first-order chi connectivity index (χ1) is 12.9. The van der Waals surface area contributed by atoms with Crippen molar-refractivity contribution in [2.24, 2.45) is 5.92 Å². The number of hydrogen-bond acceptors (Lipinski definition) is 4. The molecule has 1 aromatic carbocycles. The quantitative estimate of drug-likeness (QED) is 0.820. The third-order valence-corrected chi connectivity index (χ3v) is 6.77. The van der Waals surface area contributed by atoms with Gasteiger partial charge in [0.25, 0.3) is 5.91 Å². The van der Waals surface area contributed by atoms with Gasteiger partial charge in [-0.3, -0.25) is 9.78 Å². The molecule has 1 aromatic heterocycles. The van der Waals surface area contributed by atoms with Gasteiger partial charge in [0.2, 0.25) is 10.0 Å². The number of nitrogens with zero attached hydrogens (tertiary/aromatic N) is 2. The van der Waals surface area contributed by atoms with E-state index in [9.17, 15) is 17.6 Å². The summed E-state index contributed by atoms with van der Waals surface area (Å²) in [4.78, 5) is 16.2. The van der Waals surface area contributed by atoms with Crippen LogP contribution in [0.4, 0.5) is 4.39 Å². The van der Waals surface area contributed by atoms with Crippen LogP contribution < -0.4 is 5.32 Å². The Morgan fingerprint density at radius 1 is 1.30 bits per heavy atom. The summed E-state index contributed by atoms with van der Waals surface area (Å²) in [7, 11) is -3.54. The number of piperidine rings is 1. The maximum atomic E-state index is 13.1. The smallest absolute Gasteiger partial charge is 0.252 e. The van der Waals surface area contributed by atoms with Crippen molar-refractivity contribution in [3.63, 3.8) is 0 Å². The van der Waals surface area contributed by atoms with E-state index >= 15 is 0 Å². The zero-order valence-electron chi connectivity index (χ0n) is 14.4. The average Bonchev–Trinajstić information content (AvgIpc) is 2.67. The lowest BCUT2D eigenvalue weighted by atomic mass is 9.98. The Morgan fingerprint density at radius 2 is 2.04 bits per heavy atom. The molecular weight excluding hydrogens is 393 g/mol. The summed E-state index contributed by atoms with van der Waals surface area (Å²) in [6.07, 6.45) is 4.14. The van der Waals surface area contributed by atoms with Crippen LogP contribution in [0.1, 0.15) is 23.2 Å². The maximum Gasteiger partial charge on any atom is 0.252 e. The fourth-order valence-corrected chi connectivity index (χ4v) is 4.70. The molecule has 1 aliphatic rings. The van der Waals surface area contributed by atoms with Gasteiger partial charge in [0.15, 0.2) is 0 Å². The lowest BCUT2D eigenvalue weighted by Crippen LogP contribution is -2.41. The van der Waals surface area contributed by atoms with Crippen LogP contribution in [0.5, 0.6) is 0 Å². The molecule has 0 bridgehead atoms. The van der Waals surface area contributed by atoms with Gasteiger partial charge in [0.1, 0.15) is 10.7 Å². The molecule has 3 rings (SSSR count). The van der Waals surface area contributed by atoms with Gasteiger partial charge in [0.05, 0.1) is 10.6 Å². The van der Waals surface area contributed by atoms with Crippen molar-refractivity contribution in [2.75, 3.05) is 19.6 Å². The van der Waals surface area contributed by atoms with Crippen LogP contribution in [0, 0.1) is 11.7 Å². The number of carbonyl (C=O) groups excluding carboxylic acids is 1. The van der Waals surface area contributed by atoms with Crippen molar-refractivity contribution in [3.05, 3.63) is 59.1 Å². The van der Waals surface area contributed by atoms with Crippen molar-refractivity contribution in [1.82, 2.24) is 14.6 Å². The maximum absolute atomic E-state index is 13.1. The number of amides is 1. The Kier molecular flexibility index (Phi) is 6.08. The number of pyridine rings is 1. The molecule has 0 saturated carbocycles. The molecular formula is C18H19ClFN3O3S. The van der Waals surface area contributed by atoms with E-state index in [1.54, 1.807) is 6.07 Å². The van der Waals surface area contributed by atoms with E-state index in [2.05, 4.69) is 10.3 Å². The SMILES string of the molecule is O=C(NCC1CCN(S(=O)(=O)c2cccnc2)CC1)c1ccc(F)cc1Cl. The average molecular weight is 412 g/mol. The molecule has 1 aliphatic heterocycles. The first-order valence-electron chi connectivity index (χ1n) is 8.51. The Labute approximate surface area is 162 Å². The van der Waals surface area contributed by atoms with Gasteiger partial charge in [-0.2, -0.15) is 4.31 Å². The summed E-state index contributed by atoms with van der Waals surface area (Å²) in [5.41, 5.74) is 0.217. The molecule has 2 aromatic rings. The third-order valence-electron chi connectivity index (χ3n) is 4.57. The highest BCUT2D eigenvalue weighted by Crippen LogP contribution is 2.23. The van der Waals surface area contributed by atoms with Crippen molar-refractivity contribution in [2.45, 2.75) is 17.7 Å². The predicted octanol–water partition coefficient (Wildman–Crippen LogP) is 2.70. The number of sulfonamides is 1. The van der Waals surface area contributed by atoms with E-state index in [0.29, 0.717) is 32.5 Å². The van der Waals surface area contributed by atoms with Crippen LogP contribution in [0.25, 0.3) is 0 Å². The summed E-state index contributed by atoms with van der Waals surface area (Å²) >= 11 is 5.89. The van der Waals surface area contributed by atoms with E-state index in [-0.39, 0.29) is 27.3 Å². The van der Waals surface area contributed by atoms with Crippen molar-refractivity contribution >= 4 is 27.5 Å². The number of carbonyl (C=O) groups is 1. The standard InChI is InChI=1S/C18H19ClFN3O3S/c19-17-10-14(20)3-4-16(17)18(24)22-11-13-5-8-23(9-6-13)27(25,26)15-2-1-7-21-12-15/h1-4,7,10,12-13H,5-6,8-9,11H2,(H,22,24). The number of benzene rings is 1. The van der Waals surface area contributed by atoms with Crippen LogP contribution in [-0.4, -0.2) is 43.2 Å². The summed E-state index contributed by atoms with van der Waals surface area (Å²) in [5, 5.41) is 2.85. The van der Waals surface area contributed by atoms with Gasteiger partial charge in [-0.1, -0.05) is 11.6 Å². The summed E-state index contributed by atoms with van der Waals surface area (Å²) in [6.45, 7) is 1.18. The monoisotopic (exact) mass is 411 g/mol. The van der Waals surface area contributed by atoms with E-state index in [1.165, 1.54) is 34.9 Å². The molecule has 2 heterocycles. The number of halogens is 2. The second-order valence-electron chi connectivity index (χ2n) is 6.37. The molecule has 9 heteroatoms. The minimum Gasteiger partial charge on any atom is -0.352 e. The number of rotatable bonds is 5. The van der Waals surface area contributed by atoms with Crippen LogP contribution in [0.15, 0.2) is 47.6 Å². The molecule has 0 unspecified atom stereocenters. The molecule has 0 aliphatic carbocycles. The fraction of sp³-hybridized carbons (Fsp3) is 0.333. The van der Waals surface area contributed by atoms with Gasteiger partial charge < -0.3 is 5.32 Å². The van der Waals surface area contributed by atoms with Gasteiger partial charge >= 0.3 is 0 Å². The Morgan fingerprint density at radius 3 is 2.67 bits per heavy atom. The van der Waals surface area contributed by atoms with Gasteiger partial charge in [-0.25, -0.2) is 12.8 Å². The van der Waals surface area contributed by atoms with Crippen LogP contribution >= 0.6 is 11.6 Å². The van der Waals surface area contributed by atoms with Gasteiger partial charge in [0, 0.05) is 32.0 Å². The number of hydrogen-bond donors (Lipinski definition) is 1. The van der Waals surface area contributed by atoms with Crippen molar-refractivity contribution < 1.29 is 17.6 Å². The third kappa shape index (κ3) is 4.63. The van der Waals surface area contributed by atoms with Gasteiger partial charge in [-0.05, 0) is 49.1 Å². The lowest BCUT2D eigenvalue weighted by Gasteiger charge is -2.31. The van der Waals surface area contributed by atoms with Gasteiger partial charge in [-0.15, -0.1) is 0 Å². The highest BCUT2D eigenvalue weighted by Gasteiger charge is 2.29. The molecule has 27 heavy (non-hydrogen) atoms. The molecule has 0 radical (unpaired) electrons. The summed E-state index contributed by atoms with van der Waals surface area (Å²) in [5.74, 6) is -0.710. The van der Waals surface area contributed by atoms with Crippen molar-refractivity contribution in [1.29, 1.82) is 0 Å². The second kappa shape index (κ2) is 8.33. The van der Waals surface area contributed by atoms with Crippen LogP contribution in [-0.2, 0) is 10.0 Å². The normalized spacial score (nSPS) is 16.2. The predicted molar refractivity (Wildman–Crippen MR) is 99.5 cm³/mol. The van der Waals surface area contributed by atoms with Crippen molar-refractivity contribution in [3.8, 4) is 0 Å². The first kappa shape index (κ1) is 19.7. The van der Waals surface area contributed by atoms with Crippen LogP contribution in [0.3, 0.4) is 0 Å². The fourth-order valence-electron chi connectivity index (χ4n) is 3.01.